The molecule has 3 aliphatic rings. The standard InChI is InChI=1S/C24H29F2N3O4S/c1-5-20(23(30)27-9-10-34(4,31)32)33-24-12-16(14(24)3)13(2)15-11-19(28-29-22(15)24)21-17(25)7-6-8-18(21)26/h6-8,11,13-14,16,20H,5,9-10,12H2,1-4H3,(H,27,30)/t13-,14?,16?,20+,24-/m1/s1. The van der Waals surface area contributed by atoms with Crippen molar-refractivity contribution in [3.8, 4) is 11.3 Å². The highest BCUT2D eigenvalue weighted by Crippen LogP contribution is 2.63. The van der Waals surface area contributed by atoms with Crippen LogP contribution in [0.15, 0.2) is 24.3 Å². The number of nitrogens with one attached hydrogen (secondary N) is 1. The van der Waals surface area contributed by atoms with Crippen LogP contribution in [0, 0.1) is 23.5 Å². The van der Waals surface area contributed by atoms with E-state index >= 15 is 0 Å². The summed E-state index contributed by atoms with van der Waals surface area (Å²) in [6, 6.07) is 5.34. The Labute approximate surface area is 198 Å². The Kier molecular flexibility index (Phi) is 6.50. The van der Waals surface area contributed by atoms with Gasteiger partial charge in [-0.3, -0.25) is 4.79 Å². The molecule has 0 saturated heterocycles. The Morgan fingerprint density at radius 1 is 1.26 bits per heavy atom. The van der Waals surface area contributed by atoms with Crippen LogP contribution in [0.2, 0.25) is 0 Å². The molecule has 2 bridgehead atoms. The molecule has 10 heteroatoms. The van der Waals surface area contributed by atoms with Crippen molar-refractivity contribution < 1.29 is 26.7 Å². The maximum Gasteiger partial charge on any atom is 0.249 e. The maximum absolute atomic E-state index is 14.4. The van der Waals surface area contributed by atoms with Gasteiger partial charge in [-0.2, -0.15) is 5.10 Å². The zero-order valence-electron chi connectivity index (χ0n) is 19.6. The van der Waals surface area contributed by atoms with Crippen molar-refractivity contribution in [2.75, 3.05) is 18.6 Å². The lowest BCUT2D eigenvalue weighted by molar-refractivity contribution is -0.225. The van der Waals surface area contributed by atoms with Crippen molar-refractivity contribution in [1.82, 2.24) is 15.5 Å². The molecule has 1 saturated carbocycles. The Morgan fingerprint density at radius 3 is 2.53 bits per heavy atom. The van der Waals surface area contributed by atoms with E-state index in [9.17, 15) is 22.0 Å². The van der Waals surface area contributed by atoms with Gasteiger partial charge in [0, 0.05) is 12.8 Å². The van der Waals surface area contributed by atoms with Gasteiger partial charge < -0.3 is 10.1 Å². The Morgan fingerprint density at radius 2 is 1.94 bits per heavy atom. The summed E-state index contributed by atoms with van der Waals surface area (Å²) >= 11 is 0. The summed E-state index contributed by atoms with van der Waals surface area (Å²) in [6.45, 7) is 5.93. The molecule has 1 N–H and O–H groups in total. The molecule has 2 unspecified atom stereocenters. The summed E-state index contributed by atoms with van der Waals surface area (Å²) in [4.78, 5) is 12.7. The highest BCUT2D eigenvalue weighted by molar-refractivity contribution is 7.90. The van der Waals surface area contributed by atoms with Crippen LogP contribution in [0.4, 0.5) is 8.78 Å². The van der Waals surface area contributed by atoms with E-state index in [4.69, 9.17) is 4.74 Å². The molecule has 1 aromatic heterocycles. The van der Waals surface area contributed by atoms with E-state index in [0.717, 1.165) is 11.8 Å². The molecule has 2 aromatic rings. The number of ether oxygens (including phenoxy) is 1. The predicted molar refractivity (Wildman–Crippen MR) is 123 cm³/mol. The number of aromatic nitrogens is 2. The monoisotopic (exact) mass is 493 g/mol. The van der Waals surface area contributed by atoms with Crippen molar-refractivity contribution in [2.45, 2.75) is 51.2 Å². The van der Waals surface area contributed by atoms with Crippen molar-refractivity contribution in [2.24, 2.45) is 11.8 Å². The molecule has 0 radical (unpaired) electrons. The largest absolute Gasteiger partial charge is 0.355 e. The van der Waals surface area contributed by atoms with E-state index in [1.165, 1.54) is 18.2 Å². The fourth-order valence-corrected chi connectivity index (χ4v) is 5.73. The first-order chi connectivity index (χ1) is 16.0. The highest BCUT2D eigenvalue weighted by atomic mass is 32.2. The van der Waals surface area contributed by atoms with Crippen molar-refractivity contribution in [3.63, 3.8) is 0 Å². The molecule has 1 fully saturated rings. The van der Waals surface area contributed by atoms with E-state index in [2.05, 4.69) is 22.4 Å². The molecule has 3 aliphatic carbocycles. The average Bonchev–Trinajstić information content (AvgIpc) is 2.77. The lowest BCUT2D eigenvalue weighted by Gasteiger charge is -2.60. The number of hydrogen-bond acceptors (Lipinski definition) is 6. The maximum atomic E-state index is 14.4. The molecule has 1 heterocycles. The Balaban J connectivity index is 1.64. The van der Waals surface area contributed by atoms with E-state index in [1.54, 1.807) is 6.07 Å². The zero-order chi connectivity index (χ0) is 24.8. The van der Waals surface area contributed by atoms with Crippen LogP contribution < -0.4 is 5.32 Å². The number of rotatable bonds is 8. The minimum atomic E-state index is -3.20. The molecule has 1 amide bonds. The van der Waals surface area contributed by atoms with E-state index in [-0.39, 0.29) is 47.2 Å². The lowest BCUT2D eigenvalue weighted by Crippen LogP contribution is -2.60. The highest BCUT2D eigenvalue weighted by Gasteiger charge is 2.62. The van der Waals surface area contributed by atoms with Gasteiger partial charge in [0.25, 0.3) is 0 Å². The number of nitrogens with zero attached hydrogens (tertiary/aromatic N) is 2. The van der Waals surface area contributed by atoms with Crippen LogP contribution in [-0.4, -0.2) is 49.2 Å². The SMILES string of the molecule is CC[C@H](O[C@]12CC(C1C)[C@H](C)c1cc(-c3c(F)cccc3F)nnc12)C(=O)NCCS(C)(=O)=O. The first-order valence-corrected chi connectivity index (χ1v) is 13.5. The first-order valence-electron chi connectivity index (χ1n) is 11.4. The minimum absolute atomic E-state index is 0.00763. The molecule has 184 valence electrons. The van der Waals surface area contributed by atoms with Crippen LogP contribution in [0.25, 0.3) is 11.3 Å². The number of amides is 1. The molecule has 1 aromatic carbocycles. The predicted octanol–water partition coefficient (Wildman–Crippen LogP) is 3.35. The third-order valence-corrected chi connectivity index (χ3v) is 8.23. The lowest BCUT2D eigenvalue weighted by atomic mass is 9.50. The molecule has 7 nitrogen and oxygen atoms in total. The van der Waals surface area contributed by atoms with E-state index < -0.39 is 33.2 Å². The van der Waals surface area contributed by atoms with Crippen molar-refractivity contribution in [3.05, 3.63) is 47.2 Å². The van der Waals surface area contributed by atoms with Gasteiger partial charge in [0.15, 0.2) is 0 Å². The van der Waals surface area contributed by atoms with Crippen LogP contribution in [0.3, 0.4) is 0 Å². The normalized spacial score (nSPS) is 26.4. The third-order valence-electron chi connectivity index (χ3n) is 7.28. The zero-order valence-corrected chi connectivity index (χ0v) is 20.5. The second-order valence-corrected chi connectivity index (χ2v) is 11.7. The second-order valence-electron chi connectivity index (χ2n) is 9.40. The third kappa shape index (κ3) is 4.22. The van der Waals surface area contributed by atoms with Gasteiger partial charge in [-0.05, 0) is 54.4 Å². The number of carbonyl (C=O) groups excluding carboxylic acids is 1. The van der Waals surface area contributed by atoms with Gasteiger partial charge in [-0.15, -0.1) is 5.10 Å². The van der Waals surface area contributed by atoms with Crippen molar-refractivity contribution in [1.29, 1.82) is 0 Å². The van der Waals surface area contributed by atoms with Crippen molar-refractivity contribution >= 4 is 15.7 Å². The summed E-state index contributed by atoms with van der Waals surface area (Å²) in [5.74, 6) is -1.53. The summed E-state index contributed by atoms with van der Waals surface area (Å²) in [6.07, 6.45) is 1.37. The van der Waals surface area contributed by atoms with E-state index in [1.807, 2.05) is 13.8 Å². The molecule has 0 aliphatic heterocycles. The van der Waals surface area contributed by atoms with Crippen LogP contribution in [0.5, 0.6) is 0 Å². The minimum Gasteiger partial charge on any atom is -0.355 e. The van der Waals surface area contributed by atoms with Crippen LogP contribution >= 0.6 is 0 Å². The fourth-order valence-electron chi connectivity index (χ4n) is 5.26. The number of benzene rings is 1. The van der Waals surface area contributed by atoms with E-state index in [0.29, 0.717) is 18.5 Å². The molecule has 34 heavy (non-hydrogen) atoms. The van der Waals surface area contributed by atoms with Crippen LogP contribution in [0.1, 0.15) is 50.8 Å². The summed E-state index contributed by atoms with van der Waals surface area (Å²) < 4.78 is 57.8. The van der Waals surface area contributed by atoms with Gasteiger partial charge >= 0.3 is 0 Å². The second kappa shape index (κ2) is 8.96. The molecular weight excluding hydrogens is 464 g/mol. The quantitative estimate of drug-likeness (QED) is 0.606. The van der Waals surface area contributed by atoms with Gasteiger partial charge in [-0.1, -0.05) is 26.8 Å². The Hall–Kier alpha value is -2.46. The topological polar surface area (TPSA) is 98.2 Å². The molecule has 5 rings (SSSR count). The number of sulfone groups is 1. The smallest absolute Gasteiger partial charge is 0.249 e. The van der Waals surface area contributed by atoms with Gasteiger partial charge in [0.2, 0.25) is 5.91 Å². The summed E-state index contributed by atoms with van der Waals surface area (Å²) in [5.41, 5.74) is 0.479. The first kappa shape index (κ1) is 24.7. The number of halogens is 2. The summed E-state index contributed by atoms with van der Waals surface area (Å²) in [7, 11) is -3.20. The summed E-state index contributed by atoms with van der Waals surface area (Å²) in [5, 5.41) is 11.2. The van der Waals surface area contributed by atoms with Crippen LogP contribution in [-0.2, 0) is 25.0 Å². The van der Waals surface area contributed by atoms with Gasteiger partial charge in [0.05, 0.1) is 22.7 Å². The van der Waals surface area contributed by atoms with Gasteiger partial charge in [-0.25, -0.2) is 17.2 Å². The average molecular weight is 494 g/mol. The van der Waals surface area contributed by atoms with Gasteiger partial charge in [0.1, 0.15) is 33.2 Å². The molecular formula is C24H29F2N3O4S. The molecule has 0 spiro atoms. The Bertz CT molecular complexity index is 1200. The fraction of sp³-hybridized carbons (Fsp3) is 0.542. The molecule has 5 atom stereocenters. The number of hydrogen-bond donors (Lipinski definition) is 1. The number of carbonyl (C=O) groups is 1.